The molecule has 0 aromatic carbocycles. The third kappa shape index (κ3) is 2.49. The average Bonchev–Trinajstić information content (AvgIpc) is 3.15. The summed E-state index contributed by atoms with van der Waals surface area (Å²) in [6.45, 7) is 2.82. The lowest BCUT2D eigenvalue weighted by Gasteiger charge is -2.08. The fourth-order valence-electron chi connectivity index (χ4n) is 2.17. The van der Waals surface area contributed by atoms with E-state index >= 15 is 0 Å². The molecule has 3 aromatic heterocycles. The van der Waals surface area contributed by atoms with Gasteiger partial charge in [0.1, 0.15) is 11.5 Å². The first-order chi connectivity index (χ1) is 10.2. The molecule has 0 atom stereocenters. The van der Waals surface area contributed by atoms with Crippen molar-refractivity contribution in [1.82, 2.24) is 29.5 Å². The molecule has 0 saturated heterocycles. The van der Waals surface area contributed by atoms with Crippen molar-refractivity contribution in [2.45, 2.75) is 13.5 Å². The van der Waals surface area contributed by atoms with Crippen LogP contribution in [0.25, 0.3) is 22.8 Å². The van der Waals surface area contributed by atoms with Gasteiger partial charge >= 0.3 is 0 Å². The van der Waals surface area contributed by atoms with E-state index in [2.05, 4.69) is 25.5 Å². The highest BCUT2D eigenvalue weighted by Crippen LogP contribution is 2.23. The molecule has 0 amide bonds. The molecule has 3 heterocycles. The predicted molar refractivity (Wildman–Crippen MR) is 80.7 cm³/mol. The molecular formula is C14H17N7. The quantitative estimate of drug-likeness (QED) is 0.790. The van der Waals surface area contributed by atoms with Crippen LogP contribution in [0.15, 0.2) is 30.7 Å². The summed E-state index contributed by atoms with van der Waals surface area (Å²) in [6, 6.07) is 3.83. The minimum Gasteiger partial charge on any atom is -0.373 e. The van der Waals surface area contributed by atoms with Crippen molar-refractivity contribution in [1.29, 1.82) is 0 Å². The zero-order chi connectivity index (χ0) is 14.8. The smallest absolute Gasteiger partial charge is 0.180 e. The molecule has 0 aliphatic rings. The topological polar surface area (TPSA) is 73.5 Å². The highest BCUT2D eigenvalue weighted by Gasteiger charge is 2.12. The highest BCUT2D eigenvalue weighted by atomic mass is 15.3. The van der Waals surface area contributed by atoms with E-state index < -0.39 is 0 Å². The van der Waals surface area contributed by atoms with Crippen LogP contribution in [0, 0.1) is 0 Å². The third-order valence-corrected chi connectivity index (χ3v) is 3.23. The maximum absolute atomic E-state index is 4.65. The van der Waals surface area contributed by atoms with E-state index in [1.165, 1.54) is 0 Å². The largest absolute Gasteiger partial charge is 0.373 e. The van der Waals surface area contributed by atoms with Gasteiger partial charge in [-0.3, -0.25) is 9.36 Å². The van der Waals surface area contributed by atoms with Gasteiger partial charge < -0.3 is 5.32 Å². The lowest BCUT2D eigenvalue weighted by atomic mass is 10.2. The van der Waals surface area contributed by atoms with Gasteiger partial charge in [-0.1, -0.05) is 0 Å². The van der Waals surface area contributed by atoms with Gasteiger partial charge in [-0.15, -0.1) is 0 Å². The summed E-state index contributed by atoms with van der Waals surface area (Å²) in [4.78, 5) is 9.18. The second kappa shape index (κ2) is 5.35. The SMILES string of the molecule is CCn1nccc1-c1nc(NC)cc(-c2cnn(C)c2)n1. The minimum atomic E-state index is 0.653. The molecule has 0 spiro atoms. The van der Waals surface area contributed by atoms with E-state index in [4.69, 9.17) is 0 Å². The first-order valence-corrected chi connectivity index (χ1v) is 6.79. The molecule has 0 unspecified atom stereocenters. The van der Waals surface area contributed by atoms with Crippen molar-refractivity contribution in [2.75, 3.05) is 12.4 Å². The highest BCUT2D eigenvalue weighted by molar-refractivity contribution is 5.65. The van der Waals surface area contributed by atoms with Gasteiger partial charge in [-0.05, 0) is 13.0 Å². The van der Waals surface area contributed by atoms with E-state index in [1.807, 2.05) is 44.0 Å². The van der Waals surface area contributed by atoms with Gasteiger partial charge in [0.25, 0.3) is 0 Å². The number of nitrogens with one attached hydrogen (secondary N) is 1. The van der Waals surface area contributed by atoms with Crippen molar-refractivity contribution in [3.05, 3.63) is 30.7 Å². The van der Waals surface area contributed by atoms with Gasteiger partial charge in [0.2, 0.25) is 0 Å². The Morgan fingerprint density at radius 2 is 2.10 bits per heavy atom. The molecule has 0 bridgehead atoms. The summed E-state index contributed by atoms with van der Waals surface area (Å²) in [5.74, 6) is 1.42. The van der Waals surface area contributed by atoms with Crippen LogP contribution in [0.4, 0.5) is 5.82 Å². The van der Waals surface area contributed by atoms with Crippen LogP contribution in [0.2, 0.25) is 0 Å². The summed E-state index contributed by atoms with van der Waals surface area (Å²) in [5.41, 5.74) is 2.70. The number of anilines is 1. The van der Waals surface area contributed by atoms with E-state index in [9.17, 15) is 0 Å². The summed E-state index contributed by atoms with van der Waals surface area (Å²) in [7, 11) is 3.73. The standard InChI is InChI=1S/C14H17N7/c1-4-21-12(5-6-16-21)14-18-11(7-13(15-2)19-14)10-8-17-20(3)9-10/h5-9H,4H2,1-3H3,(H,15,18,19). The molecule has 0 radical (unpaired) electrons. The molecular weight excluding hydrogens is 266 g/mol. The van der Waals surface area contributed by atoms with Crippen molar-refractivity contribution in [2.24, 2.45) is 7.05 Å². The molecule has 108 valence electrons. The van der Waals surface area contributed by atoms with E-state index in [0.29, 0.717) is 5.82 Å². The van der Waals surface area contributed by atoms with Crippen LogP contribution in [0.1, 0.15) is 6.92 Å². The Balaban J connectivity index is 2.13. The molecule has 0 aliphatic heterocycles. The lowest BCUT2D eigenvalue weighted by molar-refractivity contribution is 0.664. The Kier molecular flexibility index (Phi) is 3.39. The van der Waals surface area contributed by atoms with Crippen LogP contribution in [0.3, 0.4) is 0 Å². The summed E-state index contributed by atoms with van der Waals surface area (Å²) in [5, 5.41) is 11.5. The Labute approximate surface area is 122 Å². The third-order valence-electron chi connectivity index (χ3n) is 3.23. The van der Waals surface area contributed by atoms with Crippen molar-refractivity contribution >= 4 is 5.82 Å². The molecule has 0 saturated carbocycles. The lowest BCUT2D eigenvalue weighted by Crippen LogP contribution is -2.04. The molecule has 0 aliphatic carbocycles. The number of aryl methyl sites for hydroxylation is 2. The number of rotatable bonds is 4. The van der Waals surface area contributed by atoms with Gasteiger partial charge in [-0.2, -0.15) is 10.2 Å². The summed E-state index contributed by atoms with van der Waals surface area (Å²) >= 11 is 0. The second-order valence-electron chi connectivity index (χ2n) is 4.65. The number of hydrogen-bond acceptors (Lipinski definition) is 5. The maximum Gasteiger partial charge on any atom is 0.180 e. The molecule has 21 heavy (non-hydrogen) atoms. The Morgan fingerprint density at radius 1 is 1.24 bits per heavy atom. The second-order valence-corrected chi connectivity index (χ2v) is 4.65. The normalized spacial score (nSPS) is 10.8. The van der Waals surface area contributed by atoms with E-state index in [1.54, 1.807) is 17.1 Å². The monoisotopic (exact) mass is 283 g/mol. The number of aromatic nitrogens is 6. The van der Waals surface area contributed by atoms with E-state index in [0.717, 1.165) is 29.3 Å². The van der Waals surface area contributed by atoms with Gasteiger partial charge in [-0.25, -0.2) is 9.97 Å². The number of hydrogen-bond donors (Lipinski definition) is 1. The molecule has 0 fully saturated rings. The van der Waals surface area contributed by atoms with Crippen LogP contribution in [0.5, 0.6) is 0 Å². The fraction of sp³-hybridized carbons (Fsp3) is 0.286. The Bertz CT molecular complexity index is 756. The average molecular weight is 283 g/mol. The molecule has 7 nitrogen and oxygen atoms in total. The van der Waals surface area contributed by atoms with Crippen LogP contribution in [-0.4, -0.2) is 36.6 Å². The zero-order valence-corrected chi connectivity index (χ0v) is 12.3. The number of nitrogens with zero attached hydrogens (tertiary/aromatic N) is 6. The first-order valence-electron chi connectivity index (χ1n) is 6.79. The van der Waals surface area contributed by atoms with E-state index in [-0.39, 0.29) is 0 Å². The van der Waals surface area contributed by atoms with Crippen molar-refractivity contribution in [3.63, 3.8) is 0 Å². The molecule has 7 heteroatoms. The Hall–Kier alpha value is -2.70. The van der Waals surface area contributed by atoms with Crippen LogP contribution in [-0.2, 0) is 13.6 Å². The van der Waals surface area contributed by atoms with Crippen molar-refractivity contribution in [3.8, 4) is 22.8 Å². The maximum atomic E-state index is 4.65. The van der Waals surface area contributed by atoms with Crippen molar-refractivity contribution < 1.29 is 0 Å². The molecule has 3 rings (SSSR count). The van der Waals surface area contributed by atoms with Crippen LogP contribution >= 0.6 is 0 Å². The zero-order valence-electron chi connectivity index (χ0n) is 12.3. The predicted octanol–water partition coefficient (Wildman–Crippen LogP) is 1.80. The van der Waals surface area contributed by atoms with Gasteiger partial charge in [0.15, 0.2) is 5.82 Å². The first kappa shape index (κ1) is 13.3. The minimum absolute atomic E-state index is 0.653. The Morgan fingerprint density at radius 3 is 2.76 bits per heavy atom. The fourth-order valence-corrected chi connectivity index (χ4v) is 2.17. The van der Waals surface area contributed by atoms with Crippen LogP contribution < -0.4 is 5.32 Å². The van der Waals surface area contributed by atoms with Gasteiger partial charge in [0, 0.05) is 44.7 Å². The molecule has 1 N–H and O–H groups in total. The summed E-state index contributed by atoms with van der Waals surface area (Å²) < 4.78 is 3.63. The molecule has 3 aromatic rings. The van der Waals surface area contributed by atoms with Gasteiger partial charge in [0.05, 0.1) is 11.9 Å². The summed E-state index contributed by atoms with van der Waals surface area (Å²) in [6.07, 6.45) is 5.49.